The number of aromatic amines is 1. The van der Waals surface area contributed by atoms with Crippen molar-refractivity contribution in [2.24, 2.45) is 7.05 Å². The highest BCUT2D eigenvalue weighted by Gasteiger charge is 2.10. The second kappa shape index (κ2) is 4.20. The topological polar surface area (TPSA) is 92.7 Å². The molecule has 2 aromatic heterocycles. The molecule has 0 aromatic carbocycles. The van der Waals surface area contributed by atoms with Gasteiger partial charge in [0.25, 0.3) is 11.5 Å². The molecule has 0 atom stereocenters. The molecule has 7 heteroatoms. The van der Waals surface area contributed by atoms with Crippen molar-refractivity contribution in [1.82, 2.24) is 20.0 Å². The highest BCUT2D eigenvalue weighted by molar-refractivity contribution is 6.02. The predicted molar refractivity (Wildman–Crippen MR) is 60.8 cm³/mol. The summed E-state index contributed by atoms with van der Waals surface area (Å²) in [7, 11) is 1.48. The number of rotatable bonds is 2. The molecule has 2 heterocycles. The van der Waals surface area contributed by atoms with Gasteiger partial charge in [0.05, 0.1) is 0 Å². The molecule has 7 nitrogen and oxygen atoms in total. The Morgan fingerprint density at radius 2 is 2.24 bits per heavy atom. The van der Waals surface area contributed by atoms with Crippen LogP contribution in [0.25, 0.3) is 0 Å². The Hall–Kier alpha value is -2.44. The van der Waals surface area contributed by atoms with Crippen molar-refractivity contribution in [1.29, 1.82) is 0 Å². The van der Waals surface area contributed by atoms with Crippen molar-refractivity contribution >= 4 is 11.7 Å². The molecule has 1 amide bonds. The minimum atomic E-state index is -0.410. The van der Waals surface area contributed by atoms with E-state index in [1.54, 1.807) is 6.07 Å². The number of amides is 1. The third kappa shape index (κ3) is 2.39. The maximum atomic E-state index is 11.7. The molecule has 2 aromatic rings. The molecule has 0 bridgehead atoms. The average Bonchev–Trinajstić information content (AvgIpc) is 2.68. The number of carbonyl (C=O) groups excluding carboxylic acids is 1. The summed E-state index contributed by atoms with van der Waals surface area (Å²) in [5, 5.41) is 13.0. The standard InChI is InChI=1S/C10H11N5O2/c1-6-5-8(13-12-6)11-10(17)7-3-4-9(16)15(2)14-7/h3-5H,1-2H3,(H2,11,12,13,17). The highest BCUT2D eigenvalue weighted by atomic mass is 16.2. The number of anilines is 1. The molecular weight excluding hydrogens is 222 g/mol. The van der Waals surface area contributed by atoms with Crippen LogP contribution in [0.15, 0.2) is 23.0 Å². The second-order valence-corrected chi connectivity index (χ2v) is 3.57. The van der Waals surface area contributed by atoms with Gasteiger partial charge in [-0.25, -0.2) is 4.68 Å². The molecule has 0 unspecified atom stereocenters. The summed E-state index contributed by atoms with van der Waals surface area (Å²) < 4.78 is 1.10. The molecule has 0 aliphatic heterocycles. The van der Waals surface area contributed by atoms with Crippen LogP contribution in [-0.4, -0.2) is 25.9 Å². The first-order valence-corrected chi connectivity index (χ1v) is 4.94. The zero-order valence-corrected chi connectivity index (χ0v) is 9.39. The Kier molecular flexibility index (Phi) is 2.73. The first kappa shape index (κ1) is 11.1. The number of nitrogens with zero attached hydrogens (tertiary/aromatic N) is 3. The summed E-state index contributed by atoms with van der Waals surface area (Å²) in [5.74, 6) is 0.00949. The van der Waals surface area contributed by atoms with Crippen LogP contribution < -0.4 is 10.9 Å². The summed E-state index contributed by atoms with van der Waals surface area (Å²) in [5.41, 5.74) is 0.735. The van der Waals surface area contributed by atoms with Crippen LogP contribution >= 0.6 is 0 Å². The summed E-state index contributed by atoms with van der Waals surface area (Å²) in [6, 6.07) is 4.36. The first-order valence-electron chi connectivity index (χ1n) is 4.94. The molecule has 2 N–H and O–H groups in total. The van der Waals surface area contributed by atoms with Gasteiger partial charge >= 0.3 is 0 Å². The van der Waals surface area contributed by atoms with Gasteiger partial charge in [-0.15, -0.1) is 0 Å². The molecule has 0 saturated carbocycles. The molecule has 0 spiro atoms. The average molecular weight is 233 g/mol. The Morgan fingerprint density at radius 1 is 1.47 bits per heavy atom. The van der Waals surface area contributed by atoms with Crippen LogP contribution in [0.5, 0.6) is 0 Å². The molecule has 88 valence electrons. The lowest BCUT2D eigenvalue weighted by atomic mass is 10.3. The largest absolute Gasteiger partial charge is 0.304 e. The van der Waals surface area contributed by atoms with E-state index in [1.807, 2.05) is 6.92 Å². The van der Waals surface area contributed by atoms with Gasteiger partial charge in [0.1, 0.15) is 5.69 Å². The summed E-state index contributed by atoms with van der Waals surface area (Å²) in [4.78, 5) is 22.9. The Labute approximate surface area is 96.5 Å². The van der Waals surface area contributed by atoms with Crippen molar-refractivity contribution in [2.45, 2.75) is 6.92 Å². The van der Waals surface area contributed by atoms with Crippen molar-refractivity contribution in [3.8, 4) is 0 Å². The molecule has 17 heavy (non-hydrogen) atoms. The normalized spacial score (nSPS) is 10.2. The van der Waals surface area contributed by atoms with Gasteiger partial charge in [-0.1, -0.05) is 0 Å². The van der Waals surface area contributed by atoms with Crippen LogP contribution in [0.4, 0.5) is 5.82 Å². The van der Waals surface area contributed by atoms with Gasteiger partial charge in [0.2, 0.25) is 0 Å². The minimum absolute atomic E-state index is 0.160. The SMILES string of the molecule is Cc1cc(NC(=O)c2ccc(=O)n(C)n2)n[nH]1. The Bertz CT molecular complexity index is 613. The van der Waals surface area contributed by atoms with Gasteiger partial charge in [-0.2, -0.15) is 10.2 Å². The number of nitrogens with one attached hydrogen (secondary N) is 2. The molecule has 2 rings (SSSR count). The van der Waals surface area contributed by atoms with E-state index in [9.17, 15) is 9.59 Å². The Morgan fingerprint density at radius 3 is 2.82 bits per heavy atom. The Balaban J connectivity index is 2.20. The maximum absolute atomic E-state index is 11.7. The van der Waals surface area contributed by atoms with Crippen LogP contribution in [-0.2, 0) is 7.05 Å². The van der Waals surface area contributed by atoms with E-state index in [1.165, 1.54) is 19.2 Å². The van der Waals surface area contributed by atoms with Crippen molar-refractivity contribution in [3.63, 3.8) is 0 Å². The van der Waals surface area contributed by atoms with E-state index in [0.717, 1.165) is 10.4 Å². The van der Waals surface area contributed by atoms with Gasteiger partial charge in [-0.3, -0.25) is 14.7 Å². The number of aryl methyl sites for hydroxylation is 2. The van der Waals surface area contributed by atoms with Crippen LogP contribution in [0.1, 0.15) is 16.2 Å². The molecule has 0 saturated heterocycles. The smallest absolute Gasteiger partial charge is 0.277 e. The van der Waals surface area contributed by atoms with Crippen LogP contribution in [0.2, 0.25) is 0 Å². The fourth-order valence-corrected chi connectivity index (χ4v) is 1.29. The summed E-state index contributed by atoms with van der Waals surface area (Å²) >= 11 is 0. The fourth-order valence-electron chi connectivity index (χ4n) is 1.29. The van der Waals surface area contributed by atoms with Crippen LogP contribution in [0.3, 0.4) is 0 Å². The summed E-state index contributed by atoms with van der Waals surface area (Å²) in [6.45, 7) is 1.83. The lowest BCUT2D eigenvalue weighted by molar-refractivity contribution is 0.101. The van der Waals surface area contributed by atoms with Crippen molar-refractivity contribution < 1.29 is 4.79 Å². The third-order valence-corrected chi connectivity index (χ3v) is 2.14. The quantitative estimate of drug-likeness (QED) is 0.767. The second-order valence-electron chi connectivity index (χ2n) is 3.57. The highest BCUT2D eigenvalue weighted by Crippen LogP contribution is 2.05. The fraction of sp³-hybridized carbons (Fsp3) is 0.200. The van der Waals surface area contributed by atoms with Gasteiger partial charge in [0, 0.05) is 24.9 Å². The number of carbonyl (C=O) groups is 1. The van der Waals surface area contributed by atoms with Crippen LogP contribution in [0, 0.1) is 6.92 Å². The molecule has 0 fully saturated rings. The van der Waals surface area contributed by atoms with E-state index in [2.05, 4.69) is 20.6 Å². The first-order chi connectivity index (χ1) is 8.06. The maximum Gasteiger partial charge on any atom is 0.277 e. The zero-order chi connectivity index (χ0) is 12.4. The predicted octanol–water partition coefficient (Wildman–Crippen LogP) is 0.0641. The van der Waals surface area contributed by atoms with Gasteiger partial charge < -0.3 is 5.32 Å². The van der Waals surface area contributed by atoms with E-state index in [4.69, 9.17) is 0 Å². The molecular formula is C10H11N5O2. The van der Waals surface area contributed by atoms with Crippen molar-refractivity contribution in [3.05, 3.63) is 39.9 Å². The minimum Gasteiger partial charge on any atom is -0.304 e. The van der Waals surface area contributed by atoms with Crippen molar-refractivity contribution in [2.75, 3.05) is 5.32 Å². The summed E-state index contributed by atoms with van der Waals surface area (Å²) in [6.07, 6.45) is 0. The molecule has 0 aliphatic carbocycles. The van der Waals surface area contributed by atoms with Gasteiger partial charge in [-0.05, 0) is 13.0 Å². The number of hydrogen-bond donors (Lipinski definition) is 2. The molecule has 0 aliphatic rings. The lowest BCUT2D eigenvalue weighted by Gasteiger charge is -2.01. The van der Waals surface area contributed by atoms with Gasteiger partial charge in [0.15, 0.2) is 5.82 Å². The van der Waals surface area contributed by atoms with E-state index in [0.29, 0.717) is 5.82 Å². The number of hydrogen-bond acceptors (Lipinski definition) is 4. The van der Waals surface area contributed by atoms with E-state index < -0.39 is 5.91 Å². The number of aromatic nitrogens is 4. The van der Waals surface area contributed by atoms with E-state index in [-0.39, 0.29) is 11.3 Å². The zero-order valence-electron chi connectivity index (χ0n) is 9.39. The monoisotopic (exact) mass is 233 g/mol. The third-order valence-electron chi connectivity index (χ3n) is 2.14. The molecule has 0 radical (unpaired) electrons. The van der Waals surface area contributed by atoms with E-state index >= 15 is 0 Å². The lowest BCUT2D eigenvalue weighted by Crippen LogP contribution is -2.23. The number of H-pyrrole nitrogens is 1.